The molecule has 0 aliphatic heterocycles. The van der Waals surface area contributed by atoms with Crippen LogP contribution in [0.3, 0.4) is 0 Å². The van der Waals surface area contributed by atoms with Crippen LogP contribution in [0.1, 0.15) is 31.1 Å². The van der Waals surface area contributed by atoms with Gasteiger partial charge < -0.3 is 15.8 Å². The Morgan fingerprint density at radius 2 is 2.26 bits per heavy atom. The van der Waals surface area contributed by atoms with Crippen molar-refractivity contribution in [1.29, 1.82) is 0 Å². The van der Waals surface area contributed by atoms with Crippen LogP contribution >= 0.6 is 11.3 Å². The molecule has 0 bridgehead atoms. The third kappa shape index (κ3) is 8.61. The average molecular weight is 283 g/mol. The van der Waals surface area contributed by atoms with Crippen molar-refractivity contribution in [3.63, 3.8) is 0 Å². The molecule has 0 fully saturated rings. The number of nitrogens with zero attached hydrogens (tertiary/aromatic N) is 1. The maximum Gasteiger partial charge on any atom is 0.188 e. The van der Waals surface area contributed by atoms with E-state index in [0.29, 0.717) is 5.96 Å². The van der Waals surface area contributed by atoms with Crippen molar-refractivity contribution < 1.29 is 4.74 Å². The molecule has 0 amide bonds. The van der Waals surface area contributed by atoms with Gasteiger partial charge in [0, 0.05) is 31.2 Å². The Balaban J connectivity index is 1.96. The standard InChI is InChI=1S/C14H25N3OS/c1-2-3-10-18-11-5-8-16-14(15)17-9-7-13-6-4-12-19-13/h4,6,12H,2-3,5,7-11H2,1H3,(H3,15,16,17). The van der Waals surface area contributed by atoms with Crippen LogP contribution < -0.4 is 11.1 Å². The summed E-state index contributed by atoms with van der Waals surface area (Å²) in [6.07, 6.45) is 4.24. The Morgan fingerprint density at radius 1 is 1.42 bits per heavy atom. The van der Waals surface area contributed by atoms with Gasteiger partial charge in [0.15, 0.2) is 5.96 Å². The average Bonchev–Trinajstić information content (AvgIpc) is 2.91. The number of ether oxygens (including phenoxy) is 1. The second kappa shape index (κ2) is 10.8. The molecule has 0 aliphatic rings. The molecule has 0 unspecified atom stereocenters. The van der Waals surface area contributed by atoms with E-state index in [-0.39, 0.29) is 0 Å². The summed E-state index contributed by atoms with van der Waals surface area (Å²) in [6.45, 7) is 5.35. The van der Waals surface area contributed by atoms with Gasteiger partial charge >= 0.3 is 0 Å². The molecule has 0 saturated carbocycles. The van der Waals surface area contributed by atoms with Gasteiger partial charge in [-0.2, -0.15) is 0 Å². The van der Waals surface area contributed by atoms with Crippen molar-refractivity contribution in [3.05, 3.63) is 22.4 Å². The molecule has 0 atom stereocenters. The molecule has 19 heavy (non-hydrogen) atoms. The summed E-state index contributed by atoms with van der Waals surface area (Å²) in [5.74, 6) is 0.533. The van der Waals surface area contributed by atoms with E-state index in [1.54, 1.807) is 11.3 Å². The highest BCUT2D eigenvalue weighted by molar-refractivity contribution is 7.09. The zero-order valence-corrected chi connectivity index (χ0v) is 12.5. The number of aliphatic imine (C=N–C) groups is 1. The molecule has 3 N–H and O–H groups in total. The first-order chi connectivity index (χ1) is 9.33. The van der Waals surface area contributed by atoms with E-state index in [0.717, 1.165) is 45.6 Å². The van der Waals surface area contributed by atoms with Gasteiger partial charge in [-0.3, -0.25) is 4.99 Å². The third-order valence-corrected chi connectivity index (χ3v) is 3.56. The second-order valence-electron chi connectivity index (χ2n) is 4.34. The van der Waals surface area contributed by atoms with Gasteiger partial charge in [0.25, 0.3) is 0 Å². The van der Waals surface area contributed by atoms with E-state index in [2.05, 4.69) is 34.7 Å². The molecule has 4 nitrogen and oxygen atoms in total. The number of nitrogens with one attached hydrogen (secondary N) is 1. The van der Waals surface area contributed by atoms with Crippen LogP contribution in [0.2, 0.25) is 0 Å². The van der Waals surface area contributed by atoms with E-state index in [9.17, 15) is 0 Å². The molecule has 1 rings (SSSR count). The maximum atomic E-state index is 5.78. The van der Waals surface area contributed by atoms with Crippen LogP contribution in [0, 0.1) is 0 Å². The second-order valence-corrected chi connectivity index (χ2v) is 5.37. The molecule has 5 heteroatoms. The first kappa shape index (κ1) is 16.0. The maximum absolute atomic E-state index is 5.78. The smallest absolute Gasteiger partial charge is 0.188 e. The third-order valence-electron chi connectivity index (χ3n) is 2.63. The first-order valence-electron chi connectivity index (χ1n) is 6.97. The van der Waals surface area contributed by atoms with Crippen molar-refractivity contribution in [3.8, 4) is 0 Å². The van der Waals surface area contributed by atoms with Crippen LogP contribution in [-0.2, 0) is 11.2 Å². The molecule has 0 saturated heterocycles. The van der Waals surface area contributed by atoms with Crippen molar-refractivity contribution in [2.75, 3.05) is 26.3 Å². The molecule has 1 aromatic rings. The van der Waals surface area contributed by atoms with Gasteiger partial charge in [-0.25, -0.2) is 0 Å². The van der Waals surface area contributed by atoms with Gasteiger partial charge in [0.1, 0.15) is 0 Å². The number of rotatable bonds is 10. The van der Waals surface area contributed by atoms with Crippen molar-refractivity contribution >= 4 is 17.3 Å². The van der Waals surface area contributed by atoms with E-state index in [1.165, 1.54) is 11.3 Å². The summed E-state index contributed by atoms with van der Waals surface area (Å²) in [5.41, 5.74) is 5.78. The van der Waals surface area contributed by atoms with Gasteiger partial charge in [0.05, 0.1) is 0 Å². The quantitative estimate of drug-likeness (QED) is 0.394. The zero-order valence-electron chi connectivity index (χ0n) is 11.7. The summed E-state index contributed by atoms with van der Waals surface area (Å²) in [5, 5.41) is 5.21. The largest absolute Gasteiger partial charge is 0.381 e. The fourth-order valence-electron chi connectivity index (χ4n) is 1.54. The minimum atomic E-state index is 0.533. The van der Waals surface area contributed by atoms with Crippen molar-refractivity contribution in [2.24, 2.45) is 10.7 Å². The summed E-state index contributed by atoms with van der Waals surface area (Å²) in [4.78, 5) is 5.63. The lowest BCUT2D eigenvalue weighted by Crippen LogP contribution is -2.33. The van der Waals surface area contributed by atoms with Gasteiger partial charge in [-0.05, 0) is 30.7 Å². The SMILES string of the molecule is CCCCOCCCN=C(N)NCCc1cccs1. The number of unbranched alkanes of at least 4 members (excludes halogenated alkanes) is 1. The summed E-state index contributed by atoms with van der Waals surface area (Å²) < 4.78 is 5.46. The summed E-state index contributed by atoms with van der Waals surface area (Å²) >= 11 is 1.77. The predicted octanol–water partition coefficient (Wildman–Crippen LogP) is 2.40. The fourth-order valence-corrected chi connectivity index (χ4v) is 2.25. The molecule has 0 aromatic carbocycles. The van der Waals surface area contributed by atoms with Crippen LogP contribution in [0.5, 0.6) is 0 Å². The Labute approximate surface area is 120 Å². The Kier molecular flexibility index (Phi) is 9.10. The van der Waals surface area contributed by atoms with E-state index >= 15 is 0 Å². The molecule has 1 heterocycles. The first-order valence-corrected chi connectivity index (χ1v) is 7.84. The molecule has 0 radical (unpaired) electrons. The van der Waals surface area contributed by atoms with Gasteiger partial charge in [-0.1, -0.05) is 19.4 Å². The Bertz CT molecular complexity index is 338. The number of nitrogens with two attached hydrogens (primary N) is 1. The number of hydrogen-bond acceptors (Lipinski definition) is 3. The monoisotopic (exact) mass is 283 g/mol. The molecule has 108 valence electrons. The number of thiophene rings is 1. The molecular formula is C14H25N3OS. The van der Waals surface area contributed by atoms with Crippen LogP contribution in [0.4, 0.5) is 0 Å². The zero-order chi connectivity index (χ0) is 13.8. The van der Waals surface area contributed by atoms with Gasteiger partial charge in [-0.15, -0.1) is 11.3 Å². The van der Waals surface area contributed by atoms with Crippen molar-refractivity contribution in [2.45, 2.75) is 32.6 Å². The summed E-state index contributed by atoms with van der Waals surface area (Å²) in [6, 6.07) is 4.20. The highest BCUT2D eigenvalue weighted by Gasteiger charge is 1.95. The fraction of sp³-hybridized carbons (Fsp3) is 0.643. The number of hydrogen-bond donors (Lipinski definition) is 2. The molecular weight excluding hydrogens is 258 g/mol. The Hall–Kier alpha value is -1.07. The lowest BCUT2D eigenvalue weighted by atomic mass is 10.3. The molecule has 0 spiro atoms. The summed E-state index contributed by atoms with van der Waals surface area (Å²) in [7, 11) is 0. The normalized spacial score (nSPS) is 11.7. The van der Waals surface area contributed by atoms with Gasteiger partial charge in [0.2, 0.25) is 0 Å². The highest BCUT2D eigenvalue weighted by atomic mass is 32.1. The topological polar surface area (TPSA) is 59.6 Å². The van der Waals surface area contributed by atoms with E-state index < -0.39 is 0 Å². The Morgan fingerprint density at radius 3 is 3.00 bits per heavy atom. The lowest BCUT2D eigenvalue weighted by molar-refractivity contribution is 0.130. The molecule has 1 aromatic heterocycles. The van der Waals surface area contributed by atoms with E-state index in [1.807, 2.05) is 0 Å². The van der Waals surface area contributed by atoms with Crippen LogP contribution in [-0.4, -0.2) is 32.3 Å². The predicted molar refractivity (Wildman–Crippen MR) is 82.9 cm³/mol. The van der Waals surface area contributed by atoms with Crippen LogP contribution in [0.25, 0.3) is 0 Å². The number of guanidine groups is 1. The van der Waals surface area contributed by atoms with E-state index in [4.69, 9.17) is 10.5 Å². The molecule has 0 aliphatic carbocycles. The van der Waals surface area contributed by atoms with Crippen LogP contribution in [0.15, 0.2) is 22.5 Å². The lowest BCUT2D eigenvalue weighted by Gasteiger charge is -2.05. The minimum absolute atomic E-state index is 0.533. The minimum Gasteiger partial charge on any atom is -0.381 e. The highest BCUT2D eigenvalue weighted by Crippen LogP contribution is 2.07. The van der Waals surface area contributed by atoms with Crippen molar-refractivity contribution in [1.82, 2.24) is 5.32 Å².